The van der Waals surface area contributed by atoms with Gasteiger partial charge in [0.05, 0.1) is 10.6 Å². The van der Waals surface area contributed by atoms with Gasteiger partial charge in [-0.1, -0.05) is 0 Å². The number of rotatable bonds is 3. The van der Waals surface area contributed by atoms with E-state index in [-0.39, 0.29) is 0 Å². The molecular weight excluding hydrogens is 320 g/mol. The van der Waals surface area contributed by atoms with Crippen molar-refractivity contribution in [3.63, 3.8) is 0 Å². The first-order valence-corrected chi connectivity index (χ1v) is 8.72. The van der Waals surface area contributed by atoms with Crippen molar-refractivity contribution in [3.05, 3.63) is 41.0 Å². The van der Waals surface area contributed by atoms with Gasteiger partial charge in [-0.15, -0.1) is 11.3 Å². The van der Waals surface area contributed by atoms with Crippen LogP contribution in [0.25, 0.3) is 32.5 Å². The van der Waals surface area contributed by atoms with Gasteiger partial charge in [0.15, 0.2) is 11.9 Å². The van der Waals surface area contributed by atoms with Crippen LogP contribution in [-0.4, -0.2) is 26.0 Å². The van der Waals surface area contributed by atoms with Gasteiger partial charge < -0.3 is 0 Å². The third-order valence-electron chi connectivity index (χ3n) is 4.46. The second-order valence-corrected chi connectivity index (χ2v) is 7.36. The Hall–Kier alpha value is -2.60. The summed E-state index contributed by atoms with van der Waals surface area (Å²) < 4.78 is 1.77. The van der Waals surface area contributed by atoms with Crippen molar-refractivity contribution in [3.8, 4) is 11.3 Å². The number of hydrogen-bond acceptors (Lipinski definition) is 5. The van der Waals surface area contributed by atoms with Gasteiger partial charge in [0.1, 0.15) is 4.83 Å². The predicted octanol–water partition coefficient (Wildman–Crippen LogP) is 3.93. The number of aryl methyl sites for hydroxylation is 1. The molecule has 0 unspecified atom stereocenters. The molecule has 0 atom stereocenters. The number of hydrogen-bond donors (Lipinski definition) is 0. The molecular formula is C18H14N4OS. The Kier molecular flexibility index (Phi) is 2.84. The van der Waals surface area contributed by atoms with Crippen LogP contribution in [0.2, 0.25) is 0 Å². The molecule has 4 aromatic rings. The molecule has 0 radical (unpaired) electrons. The maximum atomic E-state index is 11.1. The third-order valence-corrected chi connectivity index (χ3v) is 5.41. The molecule has 0 aliphatic heterocycles. The molecule has 1 aliphatic carbocycles. The van der Waals surface area contributed by atoms with E-state index in [4.69, 9.17) is 4.98 Å². The minimum atomic E-state index is 0.596. The highest BCUT2D eigenvalue weighted by Gasteiger charge is 2.27. The van der Waals surface area contributed by atoms with Gasteiger partial charge in [0.25, 0.3) is 0 Å². The lowest BCUT2D eigenvalue weighted by molar-refractivity contribution is 0.112. The van der Waals surface area contributed by atoms with Crippen molar-refractivity contribution in [2.24, 2.45) is 7.05 Å². The highest BCUT2D eigenvalue weighted by molar-refractivity contribution is 7.20. The van der Waals surface area contributed by atoms with Crippen molar-refractivity contribution in [2.45, 2.75) is 18.8 Å². The number of aldehydes is 1. The summed E-state index contributed by atoms with van der Waals surface area (Å²) in [6.07, 6.45) is 7.12. The molecule has 5 nitrogen and oxygen atoms in total. The zero-order chi connectivity index (χ0) is 16.3. The van der Waals surface area contributed by atoms with Gasteiger partial charge in [0.2, 0.25) is 0 Å². The molecule has 0 saturated heterocycles. The van der Waals surface area contributed by atoms with Gasteiger partial charge in [-0.2, -0.15) is 5.10 Å². The van der Waals surface area contributed by atoms with Gasteiger partial charge >= 0.3 is 0 Å². The van der Waals surface area contributed by atoms with Crippen LogP contribution < -0.4 is 0 Å². The Morgan fingerprint density at radius 2 is 2.17 bits per heavy atom. The summed E-state index contributed by atoms with van der Waals surface area (Å²) in [5.41, 5.74) is 3.96. The standard InChI is InChI=1S/C18H14N4OS/c1-22-8-12-4-11(7-19-17(12)21-22)16-6-14(10-2-3-10)15-5-13(9-23)24-18(15)20-16/h4-10H,2-3H2,1H3. The summed E-state index contributed by atoms with van der Waals surface area (Å²) >= 11 is 1.46. The van der Waals surface area contributed by atoms with Crippen LogP contribution in [0, 0.1) is 0 Å². The first-order chi connectivity index (χ1) is 11.7. The average molecular weight is 334 g/mol. The van der Waals surface area contributed by atoms with E-state index in [2.05, 4.69) is 22.2 Å². The topological polar surface area (TPSA) is 60.7 Å². The molecule has 0 amide bonds. The van der Waals surface area contributed by atoms with Crippen LogP contribution in [0.1, 0.15) is 34.0 Å². The fourth-order valence-electron chi connectivity index (χ4n) is 3.17. The van der Waals surface area contributed by atoms with Crippen LogP contribution >= 0.6 is 11.3 Å². The molecule has 1 aliphatic rings. The van der Waals surface area contributed by atoms with Crippen LogP contribution in [-0.2, 0) is 7.05 Å². The summed E-state index contributed by atoms with van der Waals surface area (Å²) in [6, 6.07) is 6.22. The van der Waals surface area contributed by atoms with Gasteiger partial charge in [-0.05, 0) is 42.5 Å². The molecule has 24 heavy (non-hydrogen) atoms. The maximum absolute atomic E-state index is 11.1. The summed E-state index contributed by atoms with van der Waals surface area (Å²) in [4.78, 5) is 22.0. The summed E-state index contributed by atoms with van der Waals surface area (Å²) in [6.45, 7) is 0. The van der Waals surface area contributed by atoms with Gasteiger partial charge in [-0.3, -0.25) is 9.48 Å². The quantitative estimate of drug-likeness (QED) is 0.533. The van der Waals surface area contributed by atoms with Gasteiger partial charge in [0, 0.05) is 35.8 Å². The lowest BCUT2D eigenvalue weighted by Gasteiger charge is -2.06. The van der Waals surface area contributed by atoms with Crippen molar-refractivity contribution in [1.29, 1.82) is 0 Å². The molecule has 1 saturated carbocycles. The van der Waals surface area contributed by atoms with E-state index in [0.717, 1.165) is 43.7 Å². The molecule has 118 valence electrons. The van der Waals surface area contributed by atoms with Crippen LogP contribution in [0.5, 0.6) is 0 Å². The van der Waals surface area contributed by atoms with Crippen molar-refractivity contribution in [2.75, 3.05) is 0 Å². The Morgan fingerprint density at radius 1 is 1.29 bits per heavy atom. The molecule has 0 N–H and O–H groups in total. The SMILES string of the molecule is Cn1cc2cc(-c3cc(C4CC4)c4cc(C=O)sc4n3)cnc2n1. The number of carbonyl (C=O) groups excluding carboxylic acids is 1. The Labute approximate surface area is 142 Å². The van der Waals surface area contributed by atoms with E-state index < -0.39 is 0 Å². The molecule has 0 spiro atoms. The molecule has 6 heteroatoms. The minimum Gasteiger partial charge on any atom is -0.297 e. The zero-order valence-electron chi connectivity index (χ0n) is 13.1. The van der Waals surface area contributed by atoms with E-state index in [9.17, 15) is 4.79 Å². The Balaban J connectivity index is 1.73. The number of thiophene rings is 1. The average Bonchev–Trinajstić information content (AvgIpc) is 3.22. The fourth-order valence-corrected chi connectivity index (χ4v) is 4.05. The van der Waals surface area contributed by atoms with E-state index in [1.54, 1.807) is 4.68 Å². The molecule has 1 fully saturated rings. The van der Waals surface area contributed by atoms with Crippen LogP contribution in [0.4, 0.5) is 0 Å². The van der Waals surface area contributed by atoms with Crippen LogP contribution in [0.15, 0.2) is 30.6 Å². The first kappa shape index (κ1) is 13.8. The number of nitrogens with zero attached hydrogens (tertiary/aromatic N) is 4. The van der Waals surface area contributed by atoms with Crippen molar-refractivity contribution in [1.82, 2.24) is 19.7 Å². The third kappa shape index (κ3) is 2.14. The van der Waals surface area contributed by atoms with Crippen molar-refractivity contribution >= 4 is 38.9 Å². The highest BCUT2D eigenvalue weighted by Crippen LogP contribution is 2.45. The van der Waals surface area contributed by atoms with E-state index in [1.165, 1.54) is 29.7 Å². The van der Waals surface area contributed by atoms with Crippen LogP contribution in [0.3, 0.4) is 0 Å². The summed E-state index contributed by atoms with van der Waals surface area (Å²) in [5.74, 6) is 0.596. The lowest BCUT2D eigenvalue weighted by atomic mass is 10.0. The Morgan fingerprint density at radius 3 is 2.96 bits per heavy atom. The second-order valence-electron chi connectivity index (χ2n) is 6.30. The number of pyridine rings is 2. The number of aromatic nitrogens is 4. The first-order valence-electron chi connectivity index (χ1n) is 7.91. The van der Waals surface area contributed by atoms with E-state index >= 15 is 0 Å². The van der Waals surface area contributed by atoms with E-state index in [1.807, 2.05) is 25.5 Å². The lowest BCUT2D eigenvalue weighted by Crippen LogP contribution is -1.90. The highest BCUT2D eigenvalue weighted by atomic mass is 32.1. The normalized spacial score (nSPS) is 14.5. The molecule has 4 aromatic heterocycles. The Bertz CT molecular complexity index is 1110. The molecule has 5 rings (SSSR count). The second kappa shape index (κ2) is 4.95. The fraction of sp³-hybridized carbons (Fsp3) is 0.222. The maximum Gasteiger partial charge on any atom is 0.181 e. The monoisotopic (exact) mass is 334 g/mol. The van der Waals surface area contributed by atoms with E-state index in [0.29, 0.717) is 5.92 Å². The van der Waals surface area contributed by atoms with Crippen molar-refractivity contribution < 1.29 is 4.79 Å². The summed E-state index contributed by atoms with van der Waals surface area (Å²) in [7, 11) is 1.89. The summed E-state index contributed by atoms with van der Waals surface area (Å²) in [5, 5.41) is 6.45. The zero-order valence-corrected chi connectivity index (χ0v) is 13.9. The number of carbonyl (C=O) groups is 1. The molecule has 0 bridgehead atoms. The smallest absolute Gasteiger partial charge is 0.181 e. The molecule has 4 heterocycles. The number of fused-ring (bicyclic) bond motifs is 2. The van der Waals surface area contributed by atoms with Gasteiger partial charge in [-0.25, -0.2) is 9.97 Å². The molecule has 0 aromatic carbocycles. The largest absolute Gasteiger partial charge is 0.297 e. The minimum absolute atomic E-state index is 0.596. The predicted molar refractivity (Wildman–Crippen MR) is 94.5 cm³/mol.